The highest BCUT2D eigenvalue weighted by Gasteiger charge is 2.34. The van der Waals surface area contributed by atoms with Crippen molar-refractivity contribution >= 4 is 29.4 Å². The fourth-order valence-electron chi connectivity index (χ4n) is 4.13. The molecule has 0 N–H and O–H groups in total. The van der Waals surface area contributed by atoms with Crippen LogP contribution < -0.4 is 24.4 Å². The molecule has 0 aliphatic carbocycles. The first-order chi connectivity index (χ1) is 18.1. The van der Waals surface area contributed by atoms with E-state index < -0.39 is 18.0 Å². The number of rotatable bonds is 7. The van der Waals surface area contributed by atoms with Gasteiger partial charge in [-0.15, -0.1) is 0 Å². The van der Waals surface area contributed by atoms with Crippen molar-refractivity contribution in [2.45, 2.75) is 40.7 Å². The second-order valence-electron chi connectivity index (χ2n) is 9.49. The highest BCUT2D eigenvalue weighted by Crippen LogP contribution is 2.36. The van der Waals surface area contributed by atoms with Gasteiger partial charge in [-0.3, -0.25) is 14.2 Å². The van der Waals surface area contributed by atoms with Crippen molar-refractivity contribution in [2.24, 2.45) is 10.9 Å². The molecule has 1 aromatic heterocycles. The molecule has 4 rings (SSSR count). The third-order valence-electron chi connectivity index (χ3n) is 5.92. The molecule has 0 bridgehead atoms. The van der Waals surface area contributed by atoms with Crippen LogP contribution in [0.25, 0.3) is 6.08 Å². The molecule has 198 valence electrons. The first kappa shape index (κ1) is 27.1. The predicted molar refractivity (Wildman–Crippen MR) is 145 cm³/mol. The lowest BCUT2D eigenvalue weighted by atomic mass is 9.95. The topological polar surface area (TPSA) is 96.2 Å². The molecule has 0 amide bonds. The molecule has 3 aromatic rings. The number of ether oxygens (including phenoxy) is 3. The molecule has 2 aromatic carbocycles. The van der Waals surface area contributed by atoms with E-state index in [9.17, 15) is 14.4 Å². The molecule has 0 fully saturated rings. The number of methoxy groups -OCH3 is 1. The minimum Gasteiger partial charge on any atom is -0.493 e. The summed E-state index contributed by atoms with van der Waals surface area (Å²) in [5, 5.41) is 0. The smallest absolute Gasteiger partial charge is 0.338 e. The Morgan fingerprint density at radius 3 is 2.45 bits per heavy atom. The number of hydrogen-bond acceptors (Lipinski definition) is 8. The average molecular weight is 535 g/mol. The maximum Gasteiger partial charge on any atom is 0.338 e. The van der Waals surface area contributed by atoms with Crippen LogP contribution in [0.2, 0.25) is 0 Å². The van der Waals surface area contributed by atoms with Crippen LogP contribution in [0.1, 0.15) is 50.4 Å². The zero-order chi connectivity index (χ0) is 27.6. The van der Waals surface area contributed by atoms with Crippen molar-refractivity contribution in [3.63, 3.8) is 0 Å². The molecule has 9 heteroatoms. The number of aryl methyl sites for hydroxylation is 1. The Morgan fingerprint density at radius 2 is 1.82 bits per heavy atom. The molecule has 1 unspecified atom stereocenters. The lowest BCUT2D eigenvalue weighted by Gasteiger charge is -2.25. The molecule has 1 aliphatic heterocycles. The average Bonchev–Trinajstić information content (AvgIpc) is 3.17. The van der Waals surface area contributed by atoms with Crippen LogP contribution in [0.3, 0.4) is 0 Å². The van der Waals surface area contributed by atoms with Crippen molar-refractivity contribution in [3.05, 3.63) is 90.1 Å². The maximum absolute atomic E-state index is 13.8. The van der Waals surface area contributed by atoms with Gasteiger partial charge in [-0.1, -0.05) is 61.1 Å². The van der Waals surface area contributed by atoms with Gasteiger partial charge in [0.25, 0.3) is 5.56 Å². The van der Waals surface area contributed by atoms with Gasteiger partial charge in [-0.2, -0.15) is 0 Å². The molecule has 8 nitrogen and oxygen atoms in total. The number of nitrogens with zero attached hydrogens (tertiary/aromatic N) is 2. The van der Waals surface area contributed by atoms with Crippen LogP contribution in [0.5, 0.6) is 11.5 Å². The van der Waals surface area contributed by atoms with E-state index in [2.05, 4.69) is 4.99 Å². The van der Waals surface area contributed by atoms with Crippen molar-refractivity contribution in [3.8, 4) is 11.5 Å². The highest BCUT2D eigenvalue weighted by molar-refractivity contribution is 7.07. The van der Waals surface area contributed by atoms with E-state index in [1.807, 2.05) is 51.1 Å². The van der Waals surface area contributed by atoms with E-state index in [-0.39, 0.29) is 29.4 Å². The molecule has 1 atom stereocenters. The van der Waals surface area contributed by atoms with E-state index in [4.69, 9.17) is 14.2 Å². The van der Waals surface area contributed by atoms with Crippen molar-refractivity contribution in [1.29, 1.82) is 0 Å². The number of carbonyl (C=O) groups is 2. The first-order valence-electron chi connectivity index (χ1n) is 12.2. The molecular formula is C29H30N2O6S. The van der Waals surface area contributed by atoms with Gasteiger partial charge in [0, 0.05) is 6.92 Å². The molecule has 0 saturated carbocycles. The van der Waals surface area contributed by atoms with Gasteiger partial charge in [0.15, 0.2) is 16.3 Å². The summed E-state index contributed by atoms with van der Waals surface area (Å²) < 4.78 is 18.3. The van der Waals surface area contributed by atoms with E-state index >= 15 is 0 Å². The van der Waals surface area contributed by atoms with Crippen LogP contribution >= 0.6 is 11.3 Å². The zero-order valence-corrected chi connectivity index (χ0v) is 23.0. The quantitative estimate of drug-likeness (QED) is 0.339. The molecule has 38 heavy (non-hydrogen) atoms. The van der Waals surface area contributed by atoms with Gasteiger partial charge < -0.3 is 14.2 Å². The van der Waals surface area contributed by atoms with Gasteiger partial charge in [-0.05, 0) is 49.1 Å². The minimum atomic E-state index is -0.814. The maximum atomic E-state index is 13.8. The summed E-state index contributed by atoms with van der Waals surface area (Å²) in [5.74, 6) is -0.365. The van der Waals surface area contributed by atoms with Gasteiger partial charge in [0.05, 0.1) is 35.6 Å². The van der Waals surface area contributed by atoms with E-state index in [1.54, 1.807) is 25.1 Å². The normalized spacial score (nSPS) is 15.2. The molecule has 0 radical (unpaired) electrons. The third kappa shape index (κ3) is 5.62. The van der Waals surface area contributed by atoms with Gasteiger partial charge in [0.1, 0.15) is 0 Å². The number of aromatic nitrogens is 1. The van der Waals surface area contributed by atoms with E-state index in [0.29, 0.717) is 26.3 Å². The Balaban J connectivity index is 1.92. The zero-order valence-electron chi connectivity index (χ0n) is 22.2. The standard InChI is InChI=1S/C29H30N2O6S/c1-16(2)15-36-28(34)25-18(4)30-29-31(27(33)24(38-29)13-20-9-7-17(3)8-10-20)26(25)21-11-12-22(37-19(5)32)23(14-21)35-6/h7-14,16,26H,15H2,1-6H3/b24-13-. The Hall–Kier alpha value is -3.98. The number of fused-ring (bicyclic) bond motifs is 1. The van der Waals surface area contributed by atoms with Crippen LogP contribution in [0.4, 0.5) is 0 Å². The summed E-state index contributed by atoms with van der Waals surface area (Å²) in [6.07, 6.45) is 1.82. The van der Waals surface area contributed by atoms with Gasteiger partial charge in [-0.25, -0.2) is 9.79 Å². The van der Waals surface area contributed by atoms with Gasteiger partial charge >= 0.3 is 11.9 Å². The Kier molecular flexibility index (Phi) is 7.97. The number of thiazole rings is 1. The van der Waals surface area contributed by atoms with Crippen LogP contribution in [0.15, 0.2) is 63.5 Å². The SMILES string of the molecule is COc1cc(C2C(C(=O)OCC(C)C)=C(C)N=c3s/c(=C\c4ccc(C)cc4)c(=O)n32)ccc1OC(C)=O. The van der Waals surface area contributed by atoms with E-state index in [0.717, 1.165) is 11.1 Å². The predicted octanol–water partition coefficient (Wildman–Crippen LogP) is 3.68. The molecule has 0 spiro atoms. The molecular weight excluding hydrogens is 504 g/mol. The summed E-state index contributed by atoms with van der Waals surface area (Å²) in [7, 11) is 1.46. The Bertz CT molecular complexity index is 1600. The summed E-state index contributed by atoms with van der Waals surface area (Å²) >= 11 is 1.26. The highest BCUT2D eigenvalue weighted by atomic mass is 32.1. The first-order valence-corrected chi connectivity index (χ1v) is 13.0. The van der Waals surface area contributed by atoms with Crippen molar-refractivity contribution in [2.75, 3.05) is 13.7 Å². The number of carbonyl (C=O) groups excluding carboxylic acids is 2. The lowest BCUT2D eigenvalue weighted by molar-refractivity contribution is -0.140. The second-order valence-corrected chi connectivity index (χ2v) is 10.5. The Labute approximate surface area is 224 Å². The molecule has 0 saturated heterocycles. The monoisotopic (exact) mass is 534 g/mol. The molecule has 2 heterocycles. The van der Waals surface area contributed by atoms with Crippen LogP contribution in [0, 0.1) is 12.8 Å². The largest absolute Gasteiger partial charge is 0.493 e. The second kappa shape index (κ2) is 11.2. The minimum absolute atomic E-state index is 0.136. The Morgan fingerprint density at radius 1 is 1.11 bits per heavy atom. The van der Waals surface area contributed by atoms with Crippen molar-refractivity contribution in [1.82, 2.24) is 4.57 Å². The third-order valence-corrected chi connectivity index (χ3v) is 6.90. The fraction of sp³-hybridized carbons (Fsp3) is 0.310. The van der Waals surface area contributed by atoms with E-state index in [1.165, 1.54) is 29.9 Å². The summed E-state index contributed by atoms with van der Waals surface area (Å²) in [6.45, 7) is 9.17. The summed E-state index contributed by atoms with van der Waals surface area (Å²) in [4.78, 5) is 43.8. The molecule has 1 aliphatic rings. The van der Waals surface area contributed by atoms with Crippen molar-refractivity contribution < 1.29 is 23.8 Å². The van der Waals surface area contributed by atoms with Crippen LogP contribution in [-0.2, 0) is 14.3 Å². The summed E-state index contributed by atoms with van der Waals surface area (Å²) in [5.41, 5.74) is 3.06. The van der Waals surface area contributed by atoms with Gasteiger partial charge in [0.2, 0.25) is 0 Å². The number of hydrogen-bond donors (Lipinski definition) is 0. The van der Waals surface area contributed by atoms with Crippen LogP contribution in [-0.4, -0.2) is 30.2 Å². The fourth-order valence-corrected chi connectivity index (χ4v) is 5.17. The number of allylic oxidation sites excluding steroid dienone is 1. The lowest BCUT2D eigenvalue weighted by Crippen LogP contribution is -2.40. The summed E-state index contributed by atoms with van der Waals surface area (Å²) in [6, 6.07) is 12.0. The number of esters is 2. The number of benzene rings is 2.